The van der Waals surface area contributed by atoms with Crippen molar-refractivity contribution in [3.05, 3.63) is 0 Å². The summed E-state index contributed by atoms with van der Waals surface area (Å²) in [6.07, 6.45) is 0.420. The van der Waals surface area contributed by atoms with Crippen molar-refractivity contribution in [3.8, 4) is 0 Å². The van der Waals surface area contributed by atoms with Crippen molar-refractivity contribution in [1.29, 1.82) is 0 Å². The lowest BCUT2D eigenvalue weighted by molar-refractivity contribution is -0.0619. The molecule has 0 heterocycles. The molecule has 0 aliphatic carbocycles. The molecule has 0 spiro atoms. The molecule has 0 aromatic carbocycles. The first-order valence-corrected chi connectivity index (χ1v) is 5.62. The van der Waals surface area contributed by atoms with Crippen molar-refractivity contribution >= 4 is 0 Å². The Hall–Kier alpha value is -0.0800. The molecule has 0 amide bonds. The smallest absolute Gasteiger partial charge is 0.105 e. The van der Waals surface area contributed by atoms with Crippen LogP contribution < -0.4 is 5.32 Å². The highest BCUT2D eigenvalue weighted by Gasteiger charge is 2.22. The van der Waals surface area contributed by atoms with Crippen molar-refractivity contribution in [2.24, 2.45) is 11.3 Å². The molecule has 0 fully saturated rings. The molecule has 2 heteroatoms. The van der Waals surface area contributed by atoms with Gasteiger partial charge in [0.15, 0.2) is 0 Å². The summed E-state index contributed by atoms with van der Waals surface area (Å²) in [5.74, 6) is 0.672. The molecular formula is C12H27NO. The van der Waals surface area contributed by atoms with Gasteiger partial charge in [-0.2, -0.15) is 0 Å². The van der Waals surface area contributed by atoms with Gasteiger partial charge >= 0.3 is 0 Å². The zero-order valence-corrected chi connectivity index (χ0v) is 10.8. The lowest BCUT2D eigenvalue weighted by Gasteiger charge is -2.30. The monoisotopic (exact) mass is 201 g/mol. The Morgan fingerprint density at radius 2 is 1.57 bits per heavy atom. The van der Waals surface area contributed by atoms with Crippen LogP contribution in [-0.4, -0.2) is 18.9 Å². The SMILES string of the molecule is CC(C)CNC(C)OC(C)C(C)(C)C. The van der Waals surface area contributed by atoms with Crippen LogP contribution in [0.25, 0.3) is 0 Å². The standard InChI is InChI=1S/C12H27NO/c1-9(2)8-13-11(4)14-10(3)12(5,6)7/h9-11,13H,8H2,1-7H3. The van der Waals surface area contributed by atoms with E-state index in [2.05, 4.69) is 53.8 Å². The Morgan fingerprint density at radius 1 is 1.07 bits per heavy atom. The van der Waals surface area contributed by atoms with Gasteiger partial charge in [-0.1, -0.05) is 34.6 Å². The predicted molar refractivity (Wildman–Crippen MR) is 62.3 cm³/mol. The average Bonchev–Trinajstić information content (AvgIpc) is 1.99. The van der Waals surface area contributed by atoms with Crippen LogP contribution in [0.4, 0.5) is 0 Å². The lowest BCUT2D eigenvalue weighted by atomic mass is 9.90. The van der Waals surface area contributed by atoms with Crippen molar-refractivity contribution in [3.63, 3.8) is 0 Å². The molecule has 2 atom stereocenters. The molecule has 0 saturated carbocycles. The van der Waals surface area contributed by atoms with Gasteiger partial charge in [0, 0.05) is 0 Å². The third kappa shape index (κ3) is 6.39. The molecule has 0 aliphatic heterocycles. The van der Waals surface area contributed by atoms with E-state index in [0.717, 1.165) is 6.54 Å². The molecule has 0 radical (unpaired) electrons. The van der Waals surface area contributed by atoms with Crippen molar-refractivity contribution in [2.45, 2.75) is 60.8 Å². The molecule has 0 bridgehead atoms. The van der Waals surface area contributed by atoms with Gasteiger partial charge in [-0.3, -0.25) is 5.32 Å². The van der Waals surface area contributed by atoms with Crippen LogP contribution in [0.2, 0.25) is 0 Å². The minimum atomic E-state index is 0.145. The van der Waals surface area contributed by atoms with Crippen LogP contribution in [0.3, 0.4) is 0 Å². The van der Waals surface area contributed by atoms with Gasteiger partial charge in [0.25, 0.3) is 0 Å². The Balaban J connectivity index is 3.77. The summed E-state index contributed by atoms with van der Waals surface area (Å²) in [5, 5.41) is 3.36. The van der Waals surface area contributed by atoms with Crippen molar-refractivity contribution in [2.75, 3.05) is 6.54 Å². The lowest BCUT2D eigenvalue weighted by Crippen LogP contribution is -2.38. The summed E-state index contributed by atoms with van der Waals surface area (Å²) < 4.78 is 5.85. The van der Waals surface area contributed by atoms with Gasteiger partial charge in [0.05, 0.1) is 6.10 Å². The Kier molecular flexibility index (Phi) is 5.68. The van der Waals surface area contributed by atoms with Gasteiger partial charge in [-0.05, 0) is 31.7 Å². The zero-order valence-electron chi connectivity index (χ0n) is 10.8. The molecule has 0 aromatic rings. The minimum absolute atomic E-state index is 0.145. The molecule has 2 unspecified atom stereocenters. The number of rotatable bonds is 5. The molecule has 14 heavy (non-hydrogen) atoms. The first-order chi connectivity index (χ1) is 6.23. The highest BCUT2D eigenvalue weighted by atomic mass is 16.5. The molecule has 86 valence electrons. The number of nitrogens with one attached hydrogen (secondary N) is 1. The summed E-state index contributed by atoms with van der Waals surface area (Å²) in [5.41, 5.74) is 0.216. The van der Waals surface area contributed by atoms with E-state index in [1.165, 1.54) is 0 Å². The molecule has 0 aliphatic rings. The van der Waals surface area contributed by atoms with E-state index in [1.54, 1.807) is 0 Å². The fourth-order valence-electron chi connectivity index (χ4n) is 0.960. The summed E-state index contributed by atoms with van der Waals surface area (Å²) in [6.45, 7) is 16.2. The predicted octanol–water partition coefficient (Wildman–Crippen LogP) is 3.03. The second-order valence-electron chi connectivity index (χ2n) is 5.59. The van der Waals surface area contributed by atoms with Gasteiger partial charge in [-0.15, -0.1) is 0 Å². The average molecular weight is 201 g/mol. The number of hydrogen-bond acceptors (Lipinski definition) is 2. The van der Waals surface area contributed by atoms with Gasteiger partial charge < -0.3 is 4.74 Å². The second kappa shape index (κ2) is 5.72. The summed E-state index contributed by atoms with van der Waals surface area (Å²) in [6, 6.07) is 0. The van der Waals surface area contributed by atoms with E-state index in [1.807, 2.05) is 0 Å². The van der Waals surface area contributed by atoms with Gasteiger partial charge in [0.2, 0.25) is 0 Å². The topological polar surface area (TPSA) is 21.3 Å². The van der Waals surface area contributed by atoms with Gasteiger partial charge in [0.1, 0.15) is 6.23 Å². The molecule has 1 N–H and O–H groups in total. The quantitative estimate of drug-likeness (QED) is 0.690. The van der Waals surface area contributed by atoms with Crippen LogP contribution in [0.15, 0.2) is 0 Å². The van der Waals surface area contributed by atoms with E-state index in [0.29, 0.717) is 5.92 Å². The summed E-state index contributed by atoms with van der Waals surface area (Å²) in [4.78, 5) is 0. The van der Waals surface area contributed by atoms with Crippen LogP contribution in [0.1, 0.15) is 48.5 Å². The highest BCUT2D eigenvalue weighted by molar-refractivity contribution is 4.70. The number of hydrogen-bond donors (Lipinski definition) is 1. The Labute approximate surface area is 89.4 Å². The van der Waals surface area contributed by atoms with E-state index >= 15 is 0 Å². The first kappa shape index (κ1) is 13.9. The molecule has 0 saturated heterocycles. The number of ether oxygens (including phenoxy) is 1. The van der Waals surface area contributed by atoms with E-state index in [-0.39, 0.29) is 17.7 Å². The maximum Gasteiger partial charge on any atom is 0.105 e. The molecule has 2 nitrogen and oxygen atoms in total. The molecule has 0 aromatic heterocycles. The molecular weight excluding hydrogens is 174 g/mol. The highest BCUT2D eigenvalue weighted by Crippen LogP contribution is 2.22. The fourth-order valence-corrected chi connectivity index (χ4v) is 0.960. The van der Waals surface area contributed by atoms with Crippen LogP contribution in [0, 0.1) is 11.3 Å². The Bertz CT molecular complexity index is 149. The van der Waals surface area contributed by atoms with E-state index in [4.69, 9.17) is 4.74 Å². The van der Waals surface area contributed by atoms with Crippen molar-refractivity contribution in [1.82, 2.24) is 5.32 Å². The maximum absolute atomic E-state index is 5.85. The normalized spacial score (nSPS) is 17.1. The van der Waals surface area contributed by atoms with Crippen molar-refractivity contribution < 1.29 is 4.74 Å². The van der Waals surface area contributed by atoms with Crippen LogP contribution >= 0.6 is 0 Å². The van der Waals surface area contributed by atoms with E-state index < -0.39 is 0 Å². The largest absolute Gasteiger partial charge is 0.360 e. The van der Waals surface area contributed by atoms with Crippen LogP contribution in [-0.2, 0) is 4.74 Å². The third-order valence-corrected chi connectivity index (χ3v) is 2.44. The van der Waals surface area contributed by atoms with Crippen LogP contribution in [0.5, 0.6) is 0 Å². The zero-order chi connectivity index (χ0) is 11.4. The first-order valence-electron chi connectivity index (χ1n) is 5.62. The second-order valence-corrected chi connectivity index (χ2v) is 5.59. The fraction of sp³-hybridized carbons (Fsp3) is 1.00. The molecule has 0 rings (SSSR count). The summed E-state index contributed by atoms with van der Waals surface area (Å²) in [7, 11) is 0. The third-order valence-electron chi connectivity index (χ3n) is 2.44. The Morgan fingerprint density at radius 3 is 1.93 bits per heavy atom. The van der Waals surface area contributed by atoms with E-state index in [9.17, 15) is 0 Å². The summed E-state index contributed by atoms with van der Waals surface area (Å²) >= 11 is 0. The minimum Gasteiger partial charge on any atom is -0.360 e. The van der Waals surface area contributed by atoms with Gasteiger partial charge in [-0.25, -0.2) is 0 Å². The maximum atomic E-state index is 5.85.